The summed E-state index contributed by atoms with van der Waals surface area (Å²) in [6.45, 7) is 0. The molecule has 0 atom stereocenters. The molecule has 1 aromatic carbocycles. The summed E-state index contributed by atoms with van der Waals surface area (Å²) in [6.07, 6.45) is 0. The van der Waals surface area contributed by atoms with E-state index in [4.69, 9.17) is 11.6 Å². The molecule has 0 fully saturated rings. The summed E-state index contributed by atoms with van der Waals surface area (Å²) in [5, 5.41) is 20.7. The Kier molecular flexibility index (Phi) is 5.15. The molecule has 0 amide bonds. The SMILES string of the molecule is O=C([O-])c1cccc(Cl)c1C(=O)[O-].[Na+]. The first-order chi connectivity index (χ1) is 6.04. The average molecular weight is 222 g/mol. The standard InChI is InChI=1S/C8H5ClO4.Na/c9-5-3-1-2-4(7(10)11)6(5)8(12)13;/h1-3H,(H,10,11)(H,12,13);/q;+1/p-2. The van der Waals surface area contributed by atoms with Crippen LogP contribution in [-0.2, 0) is 0 Å². The van der Waals surface area contributed by atoms with Gasteiger partial charge in [0.1, 0.15) is 0 Å². The van der Waals surface area contributed by atoms with Gasteiger partial charge in [0.2, 0.25) is 0 Å². The normalized spacial score (nSPS) is 8.93. The van der Waals surface area contributed by atoms with E-state index < -0.39 is 23.1 Å². The maximum atomic E-state index is 10.5. The Morgan fingerprint density at radius 1 is 1.14 bits per heavy atom. The third kappa shape index (κ3) is 2.72. The van der Waals surface area contributed by atoms with Gasteiger partial charge >= 0.3 is 29.6 Å². The van der Waals surface area contributed by atoms with E-state index in [1.165, 1.54) is 12.1 Å². The number of carbonyl (C=O) groups is 2. The second-order valence-electron chi connectivity index (χ2n) is 2.24. The molecule has 1 rings (SSSR count). The van der Waals surface area contributed by atoms with Crippen LogP contribution < -0.4 is 39.8 Å². The largest absolute Gasteiger partial charge is 1.00 e. The molecular weight excluding hydrogens is 219 g/mol. The average Bonchev–Trinajstić information content (AvgIpc) is 2.02. The molecule has 0 aliphatic heterocycles. The Balaban J connectivity index is 0.00000169. The summed E-state index contributed by atoms with van der Waals surface area (Å²) in [5.74, 6) is -3.23. The van der Waals surface area contributed by atoms with Crippen LogP contribution in [0.15, 0.2) is 18.2 Å². The van der Waals surface area contributed by atoms with Crippen molar-refractivity contribution in [3.63, 3.8) is 0 Å². The molecule has 0 N–H and O–H groups in total. The number of rotatable bonds is 2. The predicted octanol–water partition coefficient (Wildman–Crippen LogP) is -3.93. The number of halogens is 1. The Morgan fingerprint density at radius 3 is 2.07 bits per heavy atom. The summed E-state index contributed by atoms with van der Waals surface area (Å²) in [5.41, 5.74) is -1.03. The van der Waals surface area contributed by atoms with Crippen LogP contribution in [0.1, 0.15) is 20.7 Å². The van der Waals surface area contributed by atoms with Crippen molar-refractivity contribution in [3.05, 3.63) is 34.3 Å². The van der Waals surface area contributed by atoms with E-state index in [0.29, 0.717) is 0 Å². The fourth-order valence-corrected chi connectivity index (χ4v) is 1.15. The molecule has 0 aliphatic rings. The van der Waals surface area contributed by atoms with E-state index >= 15 is 0 Å². The van der Waals surface area contributed by atoms with E-state index in [0.717, 1.165) is 6.07 Å². The van der Waals surface area contributed by atoms with Gasteiger partial charge in [0.05, 0.1) is 17.0 Å². The molecule has 0 bridgehead atoms. The van der Waals surface area contributed by atoms with Crippen LogP contribution >= 0.6 is 11.6 Å². The van der Waals surface area contributed by atoms with E-state index in [9.17, 15) is 19.8 Å². The quantitative estimate of drug-likeness (QED) is 0.478. The Morgan fingerprint density at radius 2 is 1.71 bits per heavy atom. The fraction of sp³-hybridized carbons (Fsp3) is 0. The zero-order valence-corrected chi connectivity index (χ0v) is 10.00. The smallest absolute Gasteiger partial charge is 0.545 e. The first kappa shape index (κ1) is 13.4. The van der Waals surface area contributed by atoms with Crippen LogP contribution in [0.2, 0.25) is 5.02 Å². The van der Waals surface area contributed by atoms with Crippen LogP contribution in [0.4, 0.5) is 0 Å². The molecule has 0 spiro atoms. The molecule has 0 heterocycles. The maximum Gasteiger partial charge on any atom is 1.00 e. The third-order valence-electron chi connectivity index (χ3n) is 1.44. The van der Waals surface area contributed by atoms with Crippen molar-refractivity contribution in [1.29, 1.82) is 0 Å². The second-order valence-corrected chi connectivity index (χ2v) is 2.64. The Bertz CT molecular complexity index is 378. The van der Waals surface area contributed by atoms with E-state index in [1.807, 2.05) is 0 Å². The number of aromatic carboxylic acids is 2. The van der Waals surface area contributed by atoms with Gasteiger partial charge in [0.15, 0.2) is 0 Å². The molecule has 0 radical (unpaired) electrons. The van der Waals surface area contributed by atoms with Gasteiger partial charge in [-0.25, -0.2) is 0 Å². The number of benzene rings is 1. The Labute approximate surface area is 107 Å². The first-order valence-corrected chi connectivity index (χ1v) is 3.63. The molecule has 1 aromatic rings. The van der Waals surface area contributed by atoms with Gasteiger partial charge < -0.3 is 19.8 Å². The zero-order valence-electron chi connectivity index (χ0n) is 7.24. The minimum atomic E-state index is -1.63. The van der Waals surface area contributed by atoms with Gasteiger partial charge in [0, 0.05) is 11.1 Å². The summed E-state index contributed by atoms with van der Waals surface area (Å²) >= 11 is 5.46. The monoisotopic (exact) mass is 221 g/mol. The van der Waals surface area contributed by atoms with Crippen LogP contribution in [0.25, 0.3) is 0 Å². The molecule has 14 heavy (non-hydrogen) atoms. The summed E-state index contributed by atoms with van der Waals surface area (Å²) in [4.78, 5) is 20.9. The van der Waals surface area contributed by atoms with Gasteiger partial charge in [-0.1, -0.05) is 23.7 Å². The topological polar surface area (TPSA) is 80.3 Å². The van der Waals surface area contributed by atoms with Crippen molar-refractivity contribution in [2.24, 2.45) is 0 Å². The second kappa shape index (κ2) is 5.36. The number of carboxylic acids is 2. The van der Waals surface area contributed by atoms with E-state index in [1.54, 1.807) is 0 Å². The maximum absolute atomic E-state index is 10.5. The number of carbonyl (C=O) groups excluding carboxylic acids is 2. The van der Waals surface area contributed by atoms with Gasteiger partial charge in [-0.15, -0.1) is 0 Å². The third-order valence-corrected chi connectivity index (χ3v) is 1.75. The van der Waals surface area contributed by atoms with Crippen molar-refractivity contribution in [2.45, 2.75) is 0 Å². The minimum absolute atomic E-state index is 0. The molecule has 0 aliphatic carbocycles. The molecule has 6 heteroatoms. The minimum Gasteiger partial charge on any atom is -0.545 e. The predicted molar refractivity (Wildman–Crippen MR) is 40.1 cm³/mol. The summed E-state index contributed by atoms with van der Waals surface area (Å²) in [6, 6.07) is 3.67. The fourth-order valence-electron chi connectivity index (χ4n) is 0.902. The van der Waals surface area contributed by atoms with Crippen molar-refractivity contribution >= 4 is 23.5 Å². The molecule has 0 unspecified atom stereocenters. The van der Waals surface area contributed by atoms with Gasteiger partial charge in [0.25, 0.3) is 0 Å². The molecule has 0 saturated carbocycles. The molecule has 4 nitrogen and oxygen atoms in total. The molecule has 68 valence electrons. The number of hydrogen-bond acceptors (Lipinski definition) is 4. The van der Waals surface area contributed by atoms with Crippen molar-refractivity contribution in [3.8, 4) is 0 Å². The van der Waals surface area contributed by atoms with E-state index in [2.05, 4.69) is 0 Å². The summed E-state index contributed by atoms with van der Waals surface area (Å²) < 4.78 is 0. The van der Waals surface area contributed by atoms with Crippen LogP contribution in [0.5, 0.6) is 0 Å². The van der Waals surface area contributed by atoms with Crippen molar-refractivity contribution in [1.82, 2.24) is 0 Å². The zero-order chi connectivity index (χ0) is 10.0. The number of hydrogen-bond donors (Lipinski definition) is 0. The van der Waals surface area contributed by atoms with Gasteiger partial charge in [-0.05, 0) is 6.07 Å². The van der Waals surface area contributed by atoms with Gasteiger partial charge in [-0.3, -0.25) is 0 Å². The van der Waals surface area contributed by atoms with Crippen molar-refractivity contribution in [2.75, 3.05) is 0 Å². The molecular formula is C8H3ClNaO4-. The molecule has 0 aromatic heterocycles. The Hall–Kier alpha value is -0.550. The van der Waals surface area contributed by atoms with Crippen molar-refractivity contribution < 1.29 is 49.4 Å². The van der Waals surface area contributed by atoms with Crippen LogP contribution in [0, 0.1) is 0 Å². The van der Waals surface area contributed by atoms with Crippen LogP contribution in [-0.4, -0.2) is 11.9 Å². The van der Waals surface area contributed by atoms with Gasteiger partial charge in [-0.2, -0.15) is 0 Å². The summed E-state index contributed by atoms with van der Waals surface area (Å²) in [7, 11) is 0. The van der Waals surface area contributed by atoms with Crippen LogP contribution in [0.3, 0.4) is 0 Å². The number of carboxylic acid groups (broad SMARTS) is 2. The molecule has 0 saturated heterocycles. The van der Waals surface area contributed by atoms with E-state index in [-0.39, 0.29) is 34.6 Å². The first-order valence-electron chi connectivity index (χ1n) is 3.25.